The van der Waals surface area contributed by atoms with Crippen molar-refractivity contribution in [2.24, 2.45) is 5.92 Å². The molecule has 0 spiro atoms. The third kappa shape index (κ3) is 4.67. The molecule has 1 aliphatic rings. The lowest BCUT2D eigenvalue weighted by molar-refractivity contribution is 0.176. The third-order valence-electron chi connectivity index (χ3n) is 3.62. The van der Waals surface area contributed by atoms with Gasteiger partial charge in [0.25, 0.3) is 0 Å². The van der Waals surface area contributed by atoms with Gasteiger partial charge in [-0.25, -0.2) is 12.7 Å². The van der Waals surface area contributed by atoms with E-state index in [9.17, 15) is 13.5 Å². The molecule has 1 heterocycles. The number of aliphatic hydroxyl groups is 1. The number of ether oxygens (including phenoxy) is 1. The minimum Gasteiger partial charge on any atom is -0.493 e. The Kier molecular flexibility index (Phi) is 5.65. The maximum Gasteiger partial charge on any atom is 0.211 e. The number of piperidine rings is 1. The normalized spacial score (nSPS) is 20.4. The molecule has 0 radical (unpaired) electrons. The van der Waals surface area contributed by atoms with Crippen LogP contribution in [0.3, 0.4) is 0 Å². The van der Waals surface area contributed by atoms with Crippen molar-refractivity contribution in [3.63, 3.8) is 0 Å². The SMILES string of the molecule is CS(=O)(=O)N1CCCC(COc2ccc(Br)cc2CO)C1. The molecule has 1 atom stereocenters. The number of nitrogens with zero attached hydrogens (tertiary/aromatic N) is 1. The van der Waals surface area contributed by atoms with Crippen molar-refractivity contribution < 1.29 is 18.3 Å². The van der Waals surface area contributed by atoms with E-state index in [1.54, 1.807) is 0 Å². The molecular formula is C14H20BrNO4S. The zero-order chi connectivity index (χ0) is 15.5. The third-order valence-corrected chi connectivity index (χ3v) is 5.38. The molecule has 1 aromatic carbocycles. The van der Waals surface area contributed by atoms with E-state index >= 15 is 0 Å². The number of rotatable bonds is 5. The van der Waals surface area contributed by atoms with Crippen LogP contribution in [-0.2, 0) is 16.6 Å². The molecule has 0 bridgehead atoms. The van der Waals surface area contributed by atoms with Crippen molar-refractivity contribution in [1.82, 2.24) is 4.31 Å². The highest BCUT2D eigenvalue weighted by atomic mass is 79.9. The number of aliphatic hydroxyl groups excluding tert-OH is 1. The fraction of sp³-hybridized carbons (Fsp3) is 0.571. The lowest BCUT2D eigenvalue weighted by atomic mass is 10.0. The summed E-state index contributed by atoms with van der Waals surface area (Å²) in [6.45, 7) is 1.47. The molecule has 2 rings (SSSR count). The topological polar surface area (TPSA) is 66.8 Å². The molecule has 0 aliphatic carbocycles. The van der Waals surface area contributed by atoms with E-state index in [0.29, 0.717) is 25.4 Å². The summed E-state index contributed by atoms with van der Waals surface area (Å²) in [4.78, 5) is 0. The highest BCUT2D eigenvalue weighted by Gasteiger charge is 2.26. The Labute approximate surface area is 134 Å². The van der Waals surface area contributed by atoms with Crippen molar-refractivity contribution in [3.05, 3.63) is 28.2 Å². The van der Waals surface area contributed by atoms with E-state index in [1.807, 2.05) is 18.2 Å². The molecule has 0 saturated carbocycles. The van der Waals surface area contributed by atoms with Crippen molar-refractivity contribution in [1.29, 1.82) is 0 Å². The van der Waals surface area contributed by atoms with Crippen LogP contribution in [0.15, 0.2) is 22.7 Å². The Morgan fingerprint density at radius 3 is 2.90 bits per heavy atom. The first-order valence-corrected chi connectivity index (χ1v) is 9.51. The second-order valence-electron chi connectivity index (χ2n) is 5.35. The molecule has 21 heavy (non-hydrogen) atoms. The van der Waals surface area contributed by atoms with Gasteiger partial charge in [0.2, 0.25) is 10.0 Å². The molecular weight excluding hydrogens is 358 g/mol. The smallest absolute Gasteiger partial charge is 0.211 e. The van der Waals surface area contributed by atoms with Gasteiger partial charge >= 0.3 is 0 Å². The largest absolute Gasteiger partial charge is 0.493 e. The van der Waals surface area contributed by atoms with E-state index < -0.39 is 10.0 Å². The summed E-state index contributed by atoms with van der Waals surface area (Å²) in [7, 11) is -3.13. The van der Waals surface area contributed by atoms with Gasteiger partial charge < -0.3 is 9.84 Å². The van der Waals surface area contributed by atoms with Gasteiger partial charge in [0, 0.05) is 29.0 Å². The zero-order valence-corrected chi connectivity index (χ0v) is 14.4. The van der Waals surface area contributed by atoms with Gasteiger partial charge in [-0.2, -0.15) is 0 Å². The first-order valence-electron chi connectivity index (χ1n) is 6.87. The van der Waals surface area contributed by atoms with Gasteiger partial charge in [0.1, 0.15) is 5.75 Å². The highest BCUT2D eigenvalue weighted by molar-refractivity contribution is 9.10. The van der Waals surface area contributed by atoms with Gasteiger partial charge in [-0.3, -0.25) is 0 Å². The van der Waals surface area contributed by atoms with Gasteiger partial charge in [0.15, 0.2) is 0 Å². The molecule has 1 fully saturated rings. The number of hydrogen-bond acceptors (Lipinski definition) is 4. The quantitative estimate of drug-likeness (QED) is 0.851. The second kappa shape index (κ2) is 7.09. The van der Waals surface area contributed by atoms with Crippen LogP contribution < -0.4 is 4.74 Å². The molecule has 1 aromatic rings. The van der Waals surface area contributed by atoms with Gasteiger partial charge in [-0.15, -0.1) is 0 Å². The van der Waals surface area contributed by atoms with E-state index in [0.717, 1.165) is 22.9 Å². The second-order valence-corrected chi connectivity index (χ2v) is 8.25. The molecule has 0 aromatic heterocycles. The van der Waals surface area contributed by atoms with Gasteiger partial charge in [-0.05, 0) is 31.0 Å². The fourth-order valence-corrected chi connectivity index (χ4v) is 3.83. The molecule has 118 valence electrons. The van der Waals surface area contributed by atoms with Crippen LogP contribution in [0.2, 0.25) is 0 Å². The highest BCUT2D eigenvalue weighted by Crippen LogP contribution is 2.25. The summed E-state index contributed by atoms with van der Waals surface area (Å²) < 4.78 is 31.4. The van der Waals surface area contributed by atoms with Crippen molar-refractivity contribution in [2.45, 2.75) is 19.4 Å². The molecule has 1 unspecified atom stereocenters. The Hall–Kier alpha value is -0.630. The predicted molar refractivity (Wildman–Crippen MR) is 84.7 cm³/mol. The molecule has 5 nitrogen and oxygen atoms in total. The average molecular weight is 378 g/mol. The minimum absolute atomic E-state index is 0.0884. The Bertz CT molecular complexity index is 591. The standard InChI is InChI=1S/C14H20BrNO4S/c1-21(18,19)16-6-2-3-11(8-16)10-20-14-5-4-13(15)7-12(14)9-17/h4-5,7,11,17H,2-3,6,8-10H2,1H3. The van der Waals surface area contributed by atoms with E-state index in [-0.39, 0.29) is 12.5 Å². The molecule has 0 amide bonds. The number of sulfonamides is 1. The molecule has 1 aliphatic heterocycles. The van der Waals surface area contributed by atoms with Crippen molar-refractivity contribution in [2.75, 3.05) is 26.0 Å². The van der Waals surface area contributed by atoms with Crippen LogP contribution in [0, 0.1) is 5.92 Å². The average Bonchev–Trinajstić information content (AvgIpc) is 2.45. The van der Waals surface area contributed by atoms with Crippen LogP contribution in [-0.4, -0.2) is 43.8 Å². The Balaban J connectivity index is 1.97. The molecule has 7 heteroatoms. The van der Waals surface area contributed by atoms with Crippen LogP contribution in [0.25, 0.3) is 0 Å². The maximum atomic E-state index is 11.6. The number of halogens is 1. The number of hydrogen-bond donors (Lipinski definition) is 1. The van der Waals surface area contributed by atoms with Gasteiger partial charge in [0.05, 0.1) is 19.5 Å². The number of benzene rings is 1. The summed E-state index contributed by atoms with van der Waals surface area (Å²) >= 11 is 3.35. The lowest BCUT2D eigenvalue weighted by Gasteiger charge is -2.30. The Morgan fingerprint density at radius 2 is 2.24 bits per heavy atom. The van der Waals surface area contributed by atoms with E-state index in [2.05, 4.69) is 15.9 Å². The zero-order valence-electron chi connectivity index (χ0n) is 12.0. The first kappa shape index (κ1) is 16.7. The monoisotopic (exact) mass is 377 g/mol. The van der Waals surface area contributed by atoms with Gasteiger partial charge in [-0.1, -0.05) is 15.9 Å². The van der Waals surface area contributed by atoms with E-state index in [1.165, 1.54) is 10.6 Å². The van der Waals surface area contributed by atoms with E-state index in [4.69, 9.17) is 4.74 Å². The van der Waals surface area contributed by atoms with Crippen LogP contribution in [0.4, 0.5) is 0 Å². The van der Waals surface area contributed by atoms with Crippen LogP contribution >= 0.6 is 15.9 Å². The predicted octanol–water partition coefficient (Wildman–Crippen LogP) is 1.99. The van der Waals surface area contributed by atoms with Crippen molar-refractivity contribution >= 4 is 26.0 Å². The summed E-state index contributed by atoms with van der Waals surface area (Å²) in [5.74, 6) is 0.834. The van der Waals surface area contributed by atoms with Crippen molar-refractivity contribution in [3.8, 4) is 5.75 Å². The molecule has 1 N–H and O–H groups in total. The first-order chi connectivity index (χ1) is 9.90. The molecule has 1 saturated heterocycles. The van der Waals surface area contributed by atoms with Crippen LogP contribution in [0.1, 0.15) is 18.4 Å². The summed E-state index contributed by atoms with van der Waals surface area (Å²) in [6.07, 6.45) is 3.06. The lowest BCUT2D eigenvalue weighted by Crippen LogP contribution is -2.40. The van der Waals surface area contributed by atoms with Crippen LogP contribution in [0.5, 0.6) is 5.75 Å². The maximum absolute atomic E-state index is 11.6. The summed E-state index contributed by atoms with van der Waals surface area (Å²) in [5, 5.41) is 9.34. The minimum atomic E-state index is -3.13. The summed E-state index contributed by atoms with van der Waals surface area (Å²) in [5.41, 5.74) is 0.722. The Morgan fingerprint density at radius 1 is 1.48 bits per heavy atom. The fourth-order valence-electron chi connectivity index (χ4n) is 2.48. The summed E-state index contributed by atoms with van der Waals surface area (Å²) in [6, 6.07) is 5.49.